The Hall–Kier alpha value is -2.90. The molecule has 2 aromatic heterocycles. The Morgan fingerprint density at radius 1 is 1.14 bits per heavy atom. The number of nitrogens with zero attached hydrogens (tertiary/aromatic N) is 5. The topological polar surface area (TPSA) is 64.6 Å². The largest absolute Gasteiger partial charge is 0.366 e. The first-order chi connectivity index (χ1) is 13.7. The maximum Gasteiger partial charge on any atom is 0.329 e. The second kappa shape index (κ2) is 6.92. The van der Waals surface area contributed by atoms with Crippen LogP contribution in [0.3, 0.4) is 0 Å². The van der Waals surface area contributed by atoms with E-state index >= 15 is 0 Å². The molecule has 2 fully saturated rings. The molecule has 0 aromatic carbocycles. The zero-order chi connectivity index (χ0) is 19.1. The van der Waals surface area contributed by atoms with E-state index in [0.717, 1.165) is 44.0 Å². The molecule has 2 saturated heterocycles. The summed E-state index contributed by atoms with van der Waals surface area (Å²) in [7, 11) is 0. The second-order valence-electron chi connectivity index (χ2n) is 7.67. The molecule has 2 atom stereocenters. The number of hydrogen-bond acceptors (Lipinski definition) is 5. The summed E-state index contributed by atoms with van der Waals surface area (Å²) in [6.45, 7) is 2.91. The van der Waals surface area contributed by atoms with Gasteiger partial charge in [-0.25, -0.2) is 14.8 Å². The third kappa shape index (κ3) is 2.93. The highest BCUT2D eigenvalue weighted by Crippen LogP contribution is 2.40. The molecule has 8 heteroatoms. The van der Waals surface area contributed by atoms with E-state index in [-0.39, 0.29) is 24.7 Å². The van der Waals surface area contributed by atoms with Gasteiger partial charge in [-0.2, -0.15) is 0 Å². The maximum atomic E-state index is 13.1. The Bertz CT molecular complexity index is 878. The third-order valence-electron chi connectivity index (χ3n) is 5.88. The van der Waals surface area contributed by atoms with Gasteiger partial charge in [0.15, 0.2) is 5.82 Å². The van der Waals surface area contributed by atoms with Gasteiger partial charge in [0.2, 0.25) is 0 Å². The number of fused-ring (bicyclic) bond motifs is 4. The quantitative estimate of drug-likeness (QED) is 0.884. The molecule has 7 nitrogen and oxygen atoms in total. The van der Waals surface area contributed by atoms with Crippen molar-refractivity contribution in [1.29, 1.82) is 0 Å². The van der Waals surface area contributed by atoms with Crippen molar-refractivity contribution in [1.82, 2.24) is 9.97 Å². The van der Waals surface area contributed by atoms with Crippen LogP contribution < -0.4 is 20.0 Å². The minimum Gasteiger partial charge on any atom is -0.366 e. The van der Waals surface area contributed by atoms with Crippen LogP contribution in [0, 0.1) is 5.92 Å². The van der Waals surface area contributed by atoms with Crippen LogP contribution >= 0.6 is 0 Å². The number of hydrogen-bond donors (Lipinski definition) is 1. The summed E-state index contributed by atoms with van der Waals surface area (Å²) in [5.74, 6) is 2.09. The maximum absolute atomic E-state index is 13.1. The number of halogens is 1. The number of alkyl halides is 1. The molecule has 3 aliphatic rings. The first-order valence-corrected chi connectivity index (χ1v) is 9.81. The van der Waals surface area contributed by atoms with Crippen LogP contribution in [-0.2, 0) is 0 Å². The van der Waals surface area contributed by atoms with E-state index in [1.165, 1.54) is 0 Å². The summed E-state index contributed by atoms with van der Waals surface area (Å²) in [5.41, 5.74) is 0.981. The molecule has 0 spiro atoms. The van der Waals surface area contributed by atoms with Crippen molar-refractivity contribution < 1.29 is 9.18 Å². The second-order valence-corrected chi connectivity index (χ2v) is 7.67. The van der Waals surface area contributed by atoms with Gasteiger partial charge in [-0.05, 0) is 37.1 Å². The Morgan fingerprint density at radius 3 is 2.82 bits per heavy atom. The number of urea groups is 1. The monoisotopic (exact) mass is 382 g/mol. The molecule has 5 rings (SSSR count). The van der Waals surface area contributed by atoms with Gasteiger partial charge < -0.3 is 9.80 Å². The lowest BCUT2D eigenvalue weighted by Crippen LogP contribution is -2.48. The van der Waals surface area contributed by atoms with Crippen molar-refractivity contribution in [2.45, 2.75) is 18.9 Å². The van der Waals surface area contributed by atoms with E-state index in [9.17, 15) is 9.18 Å². The summed E-state index contributed by atoms with van der Waals surface area (Å²) in [6, 6.07) is 9.35. The van der Waals surface area contributed by atoms with Gasteiger partial charge in [-0.15, -0.1) is 0 Å². The molecule has 2 aromatic rings. The predicted octanol–water partition coefficient (Wildman–Crippen LogP) is 2.90. The zero-order valence-corrected chi connectivity index (χ0v) is 15.6. The standard InChI is InChI=1S/C20H23FN6O/c21-11-14-6-9-26(12-14)18-5-4-16-19(24-18)27(15-7-10-25(16)13-15)20(28)23-17-3-1-2-8-22-17/h1-5,8,14-15H,6-7,9-13H2,(H,22,23,28)/t14?,15-/m0/s1. The molecule has 0 radical (unpaired) electrons. The Morgan fingerprint density at radius 2 is 2.04 bits per heavy atom. The van der Waals surface area contributed by atoms with Gasteiger partial charge in [0.25, 0.3) is 0 Å². The van der Waals surface area contributed by atoms with E-state index in [1.807, 2.05) is 24.3 Å². The van der Waals surface area contributed by atoms with Crippen LogP contribution in [0.2, 0.25) is 0 Å². The van der Waals surface area contributed by atoms with Gasteiger partial charge in [0.05, 0.1) is 18.4 Å². The zero-order valence-electron chi connectivity index (χ0n) is 15.6. The van der Waals surface area contributed by atoms with Gasteiger partial charge in [-0.3, -0.25) is 14.6 Å². The fraction of sp³-hybridized carbons (Fsp3) is 0.450. The molecule has 1 unspecified atom stereocenters. The molecule has 5 heterocycles. The smallest absolute Gasteiger partial charge is 0.329 e. The Kier molecular flexibility index (Phi) is 4.26. The van der Waals surface area contributed by atoms with Crippen molar-refractivity contribution in [3.63, 3.8) is 0 Å². The third-order valence-corrected chi connectivity index (χ3v) is 5.88. The minimum atomic E-state index is -0.296. The van der Waals surface area contributed by atoms with Crippen molar-refractivity contribution >= 4 is 29.2 Å². The van der Waals surface area contributed by atoms with E-state index in [4.69, 9.17) is 4.98 Å². The predicted molar refractivity (Wildman–Crippen MR) is 107 cm³/mol. The first kappa shape index (κ1) is 17.2. The number of pyridine rings is 2. The summed E-state index contributed by atoms with van der Waals surface area (Å²) in [6.07, 6.45) is 3.41. The fourth-order valence-electron chi connectivity index (χ4n) is 4.41. The number of amides is 2. The molecule has 1 N–H and O–H groups in total. The van der Waals surface area contributed by atoms with Crippen molar-refractivity contribution in [3.8, 4) is 0 Å². The lowest BCUT2D eigenvalue weighted by molar-refractivity contribution is 0.254. The lowest BCUT2D eigenvalue weighted by atomic mass is 10.1. The summed E-state index contributed by atoms with van der Waals surface area (Å²) < 4.78 is 13.0. The molecular weight excluding hydrogens is 359 g/mol. The molecule has 3 aliphatic heterocycles. The molecule has 0 saturated carbocycles. The average Bonchev–Trinajstić information content (AvgIpc) is 3.37. The Labute approximate surface area is 163 Å². The van der Waals surface area contributed by atoms with Crippen LogP contribution in [0.5, 0.6) is 0 Å². The van der Waals surface area contributed by atoms with Crippen LogP contribution in [0.4, 0.5) is 32.3 Å². The number of rotatable bonds is 3. The van der Waals surface area contributed by atoms with Gasteiger partial charge in [0, 0.05) is 38.3 Å². The molecule has 2 amide bonds. The lowest BCUT2D eigenvalue weighted by Gasteiger charge is -2.36. The molecule has 28 heavy (non-hydrogen) atoms. The minimum absolute atomic E-state index is 0.0707. The highest BCUT2D eigenvalue weighted by Gasteiger charge is 2.40. The Balaban J connectivity index is 1.46. The van der Waals surface area contributed by atoms with E-state index < -0.39 is 0 Å². The summed E-state index contributed by atoms with van der Waals surface area (Å²) >= 11 is 0. The normalized spacial score (nSPS) is 23.1. The number of anilines is 4. The van der Waals surface area contributed by atoms with Crippen LogP contribution in [0.1, 0.15) is 12.8 Å². The van der Waals surface area contributed by atoms with E-state index in [1.54, 1.807) is 17.2 Å². The number of carbonyl (C=O) groups is 1. The van der Waals surface area contributed by atoms with Crippen LogP contribution in [0.15, 0.2) is 36.5 Å². The van der Waals surface area contributed by atoms with Crippen molar-refractivity contribution in [2.24, 2.45) is 5.92 Å². The molecule has 2 bridgehead atoms. The van der Waals surface area contributed by atoms with Crippen LogP contribution in [0.25, 0.3) is 0 Å². The van der Waals surface area contributed by atoms with Gasteiger partial charge in [0.1, 0.15) is 11.6 Å². The number of aromatic nitrogens is 2. The molecular formula is C20H23FN6O. The summed E-state index contributed by atoms with van der Waals surface area (Å²) in [4.78, 5) is 28.3. The highest BCUT2D eigenvalue weighted by molar-refractivity contribution is 6.04. The SMILES string of the molecule is O=C(Nc1ccccn1)N1c2nc(N3CCC(CF)C3)ccc2N2CC[C@H]1C2. The fourth-order valence-corrected chi connectivity index (χ4v) is 4.41. The van der Waals surface area contributed by atoms with Crippen molar-refractivity contribution in [2.75, 3.05) is 52.9 Å². The molecule has 146 valence electrons. The van der Waals surface area contributed by atoms with E-state index in [2.05, 4.69) is 20.1 Å². The van der Waals surface area contributed by atoms with Crippen LogP contribution in [-0.4, -0.2) is 54.9 Å². The van der Waals surface area contributed by atoms with E-state index in [0.29, 0.717) is 18.2 Å². The number of carbonyl (C=O) groups excluding carboxylic acids is 1. The van der Waals surface area contributed by atoms with Gasteiger partial charge in [-0.1, -0.05) is 6.07 Å². The summed E-state index contributed by atoms with van der Waals surface area (Å²) in [5, 5.41) is 2.89. The van der Waals surface area contributed by atoms with Crippen molar-refractivity contribution in [3.05, 3.63) is 36.5 Å². The first-order valence-electron chi connectivity index (χ1n) is 9.81. The highest BCUT2D eigenvalue weighted by atomic mass is 19.1. The number of nitrogens with one attached hydrogen (secondary N) is 1. The van der Waals surface area contributed by atoms with Gasteiger partial charge >= 0.3 is 6.03 Å². The molecule has 0 aliphatic carbocycles. The average molecular weight is 382 g/mol.